The van der Waals surface area contributed by atoms with Gasteiger partial charge < -0.3 is 10.6 Å². The Hall–Kier alpha value is -0.940. The molecule has 0 aliphatic heterocycles. The fraction of sp³-hybridized carbons (Fsp3) is 0.818. The van der Waals surface area contributed by atoms with E-state index in [4.69, 9.17) is 0 Å². The number of hydrogen-bond acceptors (Lipinski definition) is 4. The van der Waals surface area contributed by atoms with E-state index in [9.17, 15) is 0 Å². The molecule has 0 aliphatic carbocycles. The van der Waals surface area contributed by atoms with Crippen molar-refractivity contribution in [3.8, 4) is 0 Å². The third kappa shape index (κ3) is 5.82. The van der Waals surface area contributed by atoms with E-state index in [1.165, 1.54) is 0 Å². The zero-order valence-corrected chi connectivity index (χ0v) is 10.7. The number of nitrogens with one attached hydrogen (secondary N) is 2. The van der Waals surface area contributed by atoms with Gasteiger partial charge in [0.05, 0.1) is 6.54 Å². The summed E-state index contributed by atoms with van der Waals surface area (Å²) in [7, 11) is 0. The molecule has 1 heterocycles. The minimum Gasteiger partial charge on any atom is -0.311 e. The molecule has 16 heavy (non-hydrogen) atoms. The maximum Gasteiger partial charge on any atom is 0.137 e. The first-order valence-electron chi connectivity index (χ1n) is 5.78. The quantitative estimate of drug-likeness (QED) is 0.746. The minimum absolute atomic E-state index is 0.182. The summed E-state index contributed by atoms with van der Waals surface area (Å²) >= 11 is 0. The summed E-state index contributed by atoms with van der Waals surface area (Å²) in [6, 6.07) is 0.461. The molecule has 0 fully saturated rings. The first-order valence-corrected chi connectivity index (χ1v) is 5.78. The largest absolute Gasteiger partial charge is 0.311 e. The van der Waals surface area contributed by atoms with Gasteiger partial charge in [0.2, 0.25) is 0 Å². The van der Waals surface area contributed by atoms with Crippen molar-refractivity contribution in [3.05, 3.63) is 12.7 Å². The highest BCUT2D eigenvalue weighted by molar-refractivity contribution is 4.74. The van der Waals surface area contributed by atoms with E-state index in [1.54, 1.807) is 12.7 Å². The molecule has 5 nitrogen and oxygen atoms in total. The molecule has 1 rings (SSSR count). The van der Waals surface area contributed by atoms with Crippen LogP contribution in [0.3, 0.4) is 0 Å². The van der Waals surface area contributed by atoms with Gasteiger partial charge in [-0.25, -0.2) is 4.98 Å². The normalized spacial score (nSPS) is 14.0. The van der Waals surface area contributed by atoms with Crippen LogP contribution in [0.2, 0.25) is 0 Å². The first kappa shape index (κ1) is 13.1. The highest BCUT2D eigenvalue weighted by Crippen LogP contribution is 1.97. The molecular formula is C11H23N5. The van der Waals surface area contributed by atoms with Gasteiger partial charge >= 0.3 is 0 Å². The SMILES string of the molecule is CC(CNC(C)(C)C)NCCn1cncn1. The standard InChI is InChI=1S/C11H23N5/c1-10(7-14-11(2,3)4)13-5-6-16-9-12-8-15-16/h8-10,13-14H,5-7H2,1-4H3. The Morgan fingerprint density at radius 1 is 1.38 bits per heavy atom. The Kier molecular flexibility index (Phi) is 4.89. The molecule has 0 saturated carbocycles. The molecule has 0 radical (unpaired) electrons. The lowest BCUT2D eigenvalue weighted by molar-refractivity contribution is 0.383. The molecule has 1 aromatic heterocycles. The molecule has 0 spiro atoms. The van der Waals surface area contributed by atoms with Crippen LogP contribution >= 0.6 is 0 Å². The van der Waals surface area contributed by atoms with E-state index in [1.807, 2.05) is 4.68 Å². The Bertz CT molecular complexity index is 275. The lowest BCUT2D eigenvalue weighted by Gasteiger charge is -2.24. The fourth-order valence-corrected chi connectivity index (χ4v) is 1.31. The van der Waals surface area contributed by atoms with Gasteiger partial charge in [-0.1, -0.05) is 0 Å². The molecule has 1 aromatic rings. The summed E-state index contributed by atoms with van der Waals surface area (Å²) in [6.45, 7) is 11.5. The van der Waals surface area contributed by atoms with Crippen molar-refractivity contribution >= 4 is 0 Å². The van der Waals surface area contributed by atoms with Gasteiger partial charge in [-0.15, -0.1) is 0 Å². The fourth-order valence-electron chi connectivity index (χ4n) is 1.31. The molecule has 5 heteroatoms. The van der Waals surface area contributed by atoms with Gasteiger partial charge in [-0.05, 0) is 27.7 Å². The van der Waals surface area contributed by atoms with Gasteiger partial charge in [0, 0.05) is 24.7 Å². The lowest BCUT2D eigenvalue weighted by Crippen LogP contribution is -2.45. The Morgan fingerprint density at radius 2 is 2.12 bits per heavy atom. The molecule has 0 saturated heterocycles. The van der Waals surface area contributed by atoms with Crippen LogP contribution in [-0.2, 0) is 6.54 Å². The average Bonchev–Trinajstić information content (AvgIpc) is 2.66. The molecule has 0 bridgehead atoms. The maximum atomic E-state index is 4.05. The number of hydrogen-bond donors (Lipinski definition) is 2. The van der Waals surface area contributed by atoms with Crippen LogP contribution in [0.15, 0.2) is 12.7 Å². The lowest BCUT2D eigenvalue weighted by atomic mass is 10.1. The summed E-state index contributed by atoms with van der Waals surface area (Å²) in [4.78, 5) is 3.90. The van der Waals surface area contributed by atoms with Crippen LogP contribution in [0.1, 0.15) is 27.7 Å². The first-order chi connectivity index (χ1) is 7.47. The molecule has 1 atom stereocenters. The Morgan fingerprint density at radius 3 is 2.69 bits per heavy atom. The average molecular weight is 225 g/mol. The number of nitrogens with zero attached hydrogens (tertiary/aromatic N) is 3. The van der Waals surface area contributed by atoms with Crippen LogP contribution < -0.4 is 10.6 Å². The van der Waals surface area contributed by atoms with Gasteiger partial charge in [0.1, 0.15) is 12.7 Å². The summed E-state index contributed by atoms with van der Waals surface area (Å²) in [6.07, 6.45) is 3.30. The van der Waals surface area contributed by atoms with E-state index < -0.39 is 0 Å². The summed E-state index contributed by atoms with van der Waals surface area (Å²) in [5.74, 6) is 0. The predicted octanol–water partition coefficient (Wildman–Crippen LogP) is 0.644. The molecule has 92 valence electrons. The van der Waals surface area contributed by atoms with Crippen molar-refractivity contribution in [1.29, 1.82) is 0 Å². The summed E-state index contributed by atoms with van der Waals surface area (Å²) in [5.41, 5.74) is 0.182. The maximum absolute atomic E-state index is 4.05. The molecular weight excluding hydrogens is 202 g/mol. The Balaban J connectivity index is 2.09. The van der Waals surface area contributed by atoms with Crippen LogP contribution in [-0.4, -0.2) is 39.4 Å². The van der Waals surface area contributed by atoms with E-state index in [0.717, 1.165) is 19.6 Å². The smallest absolute Gasteiger partial charge is 0.137 e. The van der Waals surface area contributed by atoms with E-state index >= 15 is 0 Å². The third-order valence-corrected chi connectivity index (χ3v) is 2.24. The highest BCUT2D eigenvalue weighted by Gasteiger charge is 2.10. The number of rotatable bonds is 6. The van der Waals surface area contributed by atoms with Crippen molar-refractivity contribution in [2.24, 2.45) is 0 Å². The van der Waals surface area contributed by atoms with Crippen molar-refractivity contribution in [3.63, 3.8) is 0 Å². The second-order valence-corrected chi connectivity index (χ2v) is 5.14. The van der Waals surface area contributed by atoms with E-state index in [0.29, 0.717) is 6.04 Å². The molecule has 0 aliphatic rings. The topological polar surface area (TPSA) is 54.8 Å². The highest BCUT2D eigenvalue weighted by atomic mass is 15.3. The van der Waals surface area contributed by atoms with Gasteiger partial charge in [-0.2, -0.15) is 5.10 Å². The summed E-state index contributed by atoms with van der Waals surface area (Å²) in [5, 5.41) is 11.0. The minimum atomic E-state index is 0.182. The van der Waals surface area contributed by atoms with Crippen molar-refractivity contribution in [2.75, 3.05) is 13.1 Å². The van der Waals surface area contributed by atoms with Crippen LogP contribution in [0.4, 0.5) is 0 Å². The summed E-state index contributed by atoms with van der Waals surface area (Å²) < 4.78 is 1.83. The predicted molar refractivity (Wildman–Crippen MR) is 65.2 cm³/mol. The molecule has 0 amide bonds. The second-order valence-electron chi connectivity index (χ2n) is 5.14. The van der Waals surface area contributed by atoms with E-state index in [-0.39, 0.29) is 5.54 Å². The Labute approximate surface area is 97.6 Å². The van der Waals surface area contributed by atoms with Crippen molar-refractivity contribution in [2.45, 2.75) is 45.8 Å². The third-order valence-electron chi connectivity index (χ3n) is 2.24. The second kappa shape index (κ2) is 5.96. The molecule has 0 aromatic carbocycles. The van der Waals surface area contributed by atoms with E-state index in [2.05, 4.69) is 48.4 Å². The van der Waals surface area contributed by atoms with Crippen LogP contribution in [0, 0.1) is 0 Å². The van der Waals surface area contributed by atoms with Gasteiger partial charge in [-0.3, -0.25) is 4.68 Å². The van der Waals surface area contributed by atoms with Crippen LogP contribution in [0.5, 0.6) is 0 Å². The van der Waals surface area contributed by atoms with Crippen LogP contribution in [0.25, 0.3) is 0 Å². The van der Waals surface area contributed by atoms with Gasteiger partial charge in [0.15, 0.2) is 0 Å². The zero-order chi connectivity index (χ0) is 12.0. The monoisotopic (exact) mass is 225 g/mol. The zero-order valence-electron chi connectivity index (χ0n) is 10.7. The van der Waals surface area contributed by atoms with Gasteiger partial charge in [0.25, 0.3) is 0 Å². The molecule has 2 N–H and O–H groups in total. The van der Waals surface area contributed by atoms with Crippen molar-refractivity contribution < 1.29 is 0 Å². The molecule has 1 unspecified atom stereocenters. The van der Waals surface area contributed by atoms with Crippen molar-refractivity contribution in [1.82, 2.24) is 25.4 Å². The number of aromatic nitrogens is 3.